The van der Waals surface area contributed by atoms with Crippen LogP contribution in [0.2, 0.25) is 0 Å². The summed E-state index contributed by atoms with van der Waals surface area (Å²) in [6.07, 6.45) is 1.69. The standard InChI is InChI=1S/C21H20N2O4/c1-26-17-8-6-16(7-9-17)19-18(21(24)25)20(22-27-19)23-12-10-14-4-2-3-5-15(14)11-13-23/h2-9H,10-13H2,1H3,(H,24,25). The Morgan fingerprint density at radius 1 is 1.07 bits per heavy atom. The van der Waals surface area contributed by atoms with Crippen molar-refractivity contribution in [2.45, 2.75) is 12.8 Å². The molecule has 0 unspecified atom stereocenters. The molecule has 4 rings (SSSR count). The monoisotopic (exact) mass is 364 g/mol. The van der Waals surface area contributed by atoms with Gasteiger partial charge >= 0.3 is 5.97 Å². The van der Waals surface area contributed by atoms with Crippen LogP contribution in [0.5, 0.6) is 5.75 Å². The van der Waals surface area contributed by atoms with Crippen molar-refractivity contribution in [1.29, 1.82) is 0 Å². The predicted octanol–water partition coefficient (Wildman–Crippen LogP) is 3.65. The molecule has 0 saturated carbocycles. The average molecular weight is 364 g/mol. The molecule has 1 aromatic heterocycles. The molecule has 1 N–H and O–H groups in total. The summed E-state index contributed by atoms with van der Waals surface area (Å²) < 4.78 is 10.6. The zero-order valence-corrected chi connectivity index (χ0v) is 15.0. The molecule has 1 aliphatic heterocycles. The number of benzene rings is 2. The van der Waals surface area contributed by atoms with Crippen LogP contribution < -0.4 is 9.64 Å². The highest BCUT2D eigenvalue weighted by Gasteiger charge is 2.28. The molecular weight excluding hydrogens is 344 g/mol. The Balaban J connectivity index is 1.67. The minimum Gasteiger partial charge on any atom is -0.497 e. The molecule has 6 nitrogen and oxygen atoms in total. The zero-order chi connectivity index (χ0) is 18.8. The van der Waals surface area contributed by atoms with Gasteiger partial charge in [0.05, 0.1) is 7.11 Å². The first-order chi connectivity index (χ1) is 13.2. The molecule has 138 valence electrons. The first kappa shape index (κ1) is 17.1. The van der Waals surface area contributed by atoms with Crippen LogP contribution in [0.15, 0.2) is 53.1 Å². The molecule has 0 aliphatic carbocycles. The fourth-order valence-electron chi connectivity index (χ4n) is 3.51. The number of aromatic nitrogens is 1. The molecular formula is C21H20N2O4. The van der Waals surface area contributed by atoms with Gasteiger partial charge in [-0.1, -0.05) is 29.4 Å². The van der Waals surface area contributed by atoms with Crippen molar-refractivity contribution in [2.24, 2.45) is 0 Å². The summed E-state index contributed by atoms with van der Waals surface area (Å²) in [6.45, 7) is 1.40. The topological polar surface area (TPSA) is 75.8 Å². The fraction of sp³-hybridized carbons (Fsp3) is 0.238. The first-order valence-electron chi connectivity index (χ1n) is 8.86. The predicted molar refractivity (Wildman–Crippen MR) is 102 cm³/mol. The van der Waals surface area contributed by atoms with Gasteiger partial charge in [-0.25, -0.2) is 4.79 Å². The fourth-order valence-corrected chi connectivity index (χ4v) is 3.51. The van der Waals surface area contributed by atoms with Crippen molar-refractivity contribution < 1.29 is 19.2 Å². The lowest BCUT2D eigenvalue weighted by molar-refractivity contribution is 0.0698. The molecule has 2 heterocycles. The highest BCUT2D eigenvalue weighted by molar-refractivity contribution is 5.99. The number of carboxylic acids is 1. The van der Waals surface area contributed by atoms with Crippen LogP contribution in [0.1, 0.15) is 21.5 Å². The van der Waals surface area contributed by atoms with Gasteiger partial charge in [0.2, 0.25) is 0 Å². The number of anilines is 1. The van der Waals surface area contributed by atoms with Gasteiger partial charge in [-0.05, 0) is 48.2 Å². The lowest BCUT2D eigenvalue weighted by Crippen LogP contribution is -2.28. The molecule has 27 heavy (non-hydrogen) atoms. The molecule has 0 fully saturated rings. The van der Waals surface area contributed by atoms with Gasteiger partial charge in [-0.2, -0.15) is 0 Å². The lowest BCUT2D eigenvalue weighted by atomic mass is 10.0. The van der Waals surface area contributed by atoms with E-state index in [2.05, 4.69) is 17.3 Å². The normalized spacial score (nSPS) is 13.7. The maximum absolute atomic E-state index is 12.0. The van der Waals surface area contributed by atoms with E-state index in [4.69, 9.17) is 9.26 Å². The average Bonchev–Trinajstić information content (AvgIpc) is 3.03. The number of carboxylic acid groups (broad SMARTS) is 1. The van der Waals surface area contributed by atoms with Crippen LogP contribution in [0.3, 0.4) is 0 Å². The van der Waals surface area contributed by atoms with Crippen molar-refractivity contribution >= 4 is 11.8 Å². The Morgan fingerprint density at radius 2 is 1.70 bits per heavy atom. The number of hydrogen-bond acceptors (Lipinski definition) is 5. The van der Waals surface area contributed by atoms with E-state index in [1.165, 1.54) is 11.1 Å². The number of nitrogens with zero attached hydrogens (tertiary/aromatic N) is 2. The highest BCUT2D eigenvalue weighted by Crippen LogP contribution is 2.33. The molecule has 2 aromatic carbocycles. The second-order valence-electron chi connectivity index (χ2n) is 6.50. The summed E-state index contributed by atoms with van der Waals surface area (Å²) in [5.74, 6) is 0.308. The lowest BCUT2D eigenvalue weighted by Gasteiger charge is -2.19. The molecule has 0 bridgehead atoms. The number of carbonyl (C=O) groups is 1. The number of methoxy groups -OCH3 is 1. The summed E-state index contributed by atoms with van der Waals surface area (Å²) in [7, 11) is 1.58. The van der Waals surface area contributed by atoms with Crippen LogP contribution in [-0.4, -0.2) is 36.4 Å². The smallest absolute Gasteiger partial charge is 0.343 e. The van der Waals surface area contributed by atoms with E-state index in [0.717, 1.165) is 12.8 Å². The number of aromatic carboxylic acids is 1. The van der Waals surface area contributed by atoms with Crippen LogP contribution >= 0.6 is 0 Å². The van der Waals surface area contributed by atoms with E-state index < -0.39 is 5.97 Å². The van der Waals surface area contributed by atoms with E-state index in [0.29, 0.717) is 30.2 Å². The maximum atomic E-state index is 12.0. The second-order valence-corrected chi connectivity index (χ2v) is 6.50. The minimum atomic E-state index is -1.04. The number of rotatable bonds is 4. The van der Waals surface area contributed by atoms with E-state index in [1.807, 2.05) is 17.0 Å². The van der Waals surface area contributed by atoms with Crippen molar-refractivity contribution in [2.75, 3.05) is 25.1 Å². The summed E-state index contributed by atoms with van der Waals surface area (Å²) in [5, 5.41) is 13.9. The third kappa shape index (κ3) is 3.26. The Labute approximate surface area is 157 Å². The van der Waals surface area contributed by atoms with E-state index in [1.54, 1.807) is 31.4 Å². The van der Waals surface area contributed by atoms with Gasteiger partial charge in [-0.15, -0.1) is 0 Å². The quantitative estimate of drug-likeness (QED) is 0.761. The molecule has 0 radical (unpaired) electrons. The SMILES string of the molecule is COc1ccc(-c2onc(N3CCc4ccccc4CC3)c2C(=O)O)cc1. The van der Waals surface area contributed by atoms with E-state index >= 15 is 0 Å². The molecule has 0 spiro atoms. The Bertz CT molecular complexity index is 936. The minimum absolute atomic E-state index is 0.103. The third-order valence-electron chi connectivity index (χ3n) is 4.96. The van der Waals surface area contributed by atoms with Crippen molar-refractivity contribution in [1.82, 2.24) is 5.16 Å². The van der Waals surface area contributed by atoms with Crippen LogP contribution in [0.4, 0.5) is 5.82 Å². The van der Waals surface area contributed by atoms with Crippen LogP contribution in [0, 0.1) is 0 Å². The van der Waals surface area contributed by atoms with Crippen LogP contribution in [-0.2, 0) is 12.8 Å². The van der Waals surface area contributed by atoms with Gasteiger partial charge < -0.3 is 19.3 Å². The molecule has 0 atom stereocenters. The van der Waals surface area contributed by atoms with Gasteiger partial charge in [0.15, 0.2) is 17.1 Å². The summed E-state index contributed by atoms with van der Waals surface area (Å²) >= 11 is 0. The summed E-state index contributed by atoms with van der Waals surface area (Å²) in [6, 6.07) is 15.4. The number of hydrogen-bond donors (Lipinski definition) is 1. The van der Waals surface area contributed by atoms with Gasteiger partial charge in [-0.3, -0.25) is 0 Å². The maximum Gasteiger partial charge on any atom is 0.343 e. The Hall–Kier alpha value is -3.28. The van der Waals surface area contributed by atoms with Gasteiger partial charge in [0, 0.05) is 18.7 Å². The molecule has 3 aromatic rings. The van der Waals surface area contributed by atoms with Crippen LogP contribution in [0.25, 0.3) is 11.3 Å². The summed E-state index contributed by atoms with van der Waals surface area (Å²) in [4.78, 5) is 14.0. The molecule has 0 amide bonds. The number of ether oxygens (including phenoxy) is 1. The van der Waals surface area contributed by atoms with E-state index in [-0.39, 0.29) is 11.3 Å². The highest BCUT2D eigenvalue weighted by atomic mass is 16.5. The molecule has 6 heteroatoms. The van der Waals surface area contributed by atoms with Crippen molar-refractivity contribution in [3.05, 3.63) is 65.2 Å². The molecule has 0 saturated heterocycles. The first-order valence-corrected chi connectivity index (χ1v) is 8.86. The Morgan fingerprint density at radius 3 is 2.26 bits per heavy atom. The van der Waals surface area contributed by atoms with E-state index in [9.17, 15) is 9.90 Å². The van der Waals surface area contributed by atoms with Crippen molar-refractivity contribution in [3.63, 3.8) is 0 Å². The van der Waals surface area contributed by atoms with Gasteiger partial charge in [0.25, 0.3) is 0 Å². The third-order valence-corrected chi connectivity index (χ3v) is 4.96. The van der Waals surface area contributed by atoms with Gasteiger partial charge in [0.1, 0.15) is 5.75 Å². The largest absolute Gasteiger partial charge is 0.497 e. The molecule has 1 aliphatic rings. The number of fused-ring (bicyclic) bond motifs is 1. The summed E-state index contributed by atoms with van der Waals surface area (Å²) in [5.41, 5.74) is 3.36. The Kier molecular flexibility index (Phi) is 4.54. The second kappa shape index (κ2) is 7.15. The zero-order valence-electron chi connectivity index (χ0n) is 15.0. The van der Waals surface area contributed by atoms with Crippen molar-refractivity contribution in [3.8, 4) is 17.1 Å².